The number of hydrogen-bond donors (Lipinski definition) is 2. The average Bonchev–Trinajstić information content (AvgIpc) is 2.12. The first-order valence-electron chi connectivity index (χ1n) is 4.90. The maximum Gasteiger partial charge on any atom is 0.237 e. The predicted octanol–water partition coefficient (Wildman–Crippen LogP) is 0.649. The summed E-state index contributed by atoms with van der Waals surface area (Å²) in [6.45, 7) is 8.00. The Labute approximate surface area is 85.7 Å². The van der Waals surface area contributed by atoms with E-state index < -0.39 is 0 Å². The fourth-order valence-corrected chi connectivity index (χ4v) is 0.901. The van der Waals surface area contributed by atoms with Crippen molar-refractivity contribution >= 4 is 5.91 Å². The van der Waals surface area contributed by atoms with Crippen molar-refractivity contribution in [3.8, 4) is 6.07 Å². The van der Waals surface area contributed by atoms with Gasteiger partial charge in [-0.15, -0.1) is 0 Å². The lowest BCUT2D eigenvalue weighted by molar-refractivity contribution is -0.123. The topological polar surface area (TPSA) is 64.9 Å². The highest BCUT2D eigenvalue weighted by Crippen LogP contribution is 1.91. The highest BCUT2D eigenvalue weighted by atomic mass is 16.2. The van der Waals surface area contributed by atoms with Gasteiger partial charge in [-0.1, -0.05) is 0 Å². The first-order chi connectivity index (χ1) is 6.47. The van der Waals surface area contributed by atoms with Crippen LogP contribution >= 0.6 is 0 Å². The third-order valence-corrected chi connectivity index (χ3v) is 1.77. The molecule has 0 aliphatic heterocycles. The molecule has 0 spiro atoms. The molecule has 4 heteroatoms. The van der Waals surface area contributed by atoms with Crippen molar-refractivity contribution in [3.63, 3.8) is 0 Å². The molecule has 0 aromatic heterocycles. The molecule has 2 N–H and O–H groups in total. The second-order valence-corrected chi connectivity index (χ2v) is 3.82. The lowest BCUT2D eigenvalue weighted by Gasteiger charge is -2.16. The van der Waals surface area contributed by atoms with Crippen molar-refractivity contribution < 1.29 is 4.79 Å². The zero-order chi connectivity index (χ0) is 11.1. The summed E-state index contributed by atoms with van der Waals surface area (Å²) in [5, 5.41) is 14.3. The van der Waals surface area contributed by atoms with Gasteiger partial charge in [-0.05, 0) is 27.7 Å². The second kappa shape index (κ2) is 6.39. The van der Waals surface area contributed by atoms with Crippen LogP contribution in [-0.2, 0) is 4.79 Å². The largest absolute Gasteiger partial charge is 0.353 e. The first-order valence-corrected chi connectivity index (χ1v) is 4.90. The molecular formula is C10H19N3O. The van der Waals surface area contributed by atoms with Crippen molar-refractivity contribution in [2.24, 2.45) is 5.92 Å². The fourth-order valence-electron chi connectivity index (χ4n) is 0.901. The second-order valence-electron chi connectivity index (χ2n) is 3.82. The minimum absolute atomic E-state index is 0.0230. The molecule has 2 atom stereocenters. The number of nitriles is 1. The van der Waals surface area contributed by atoms with Crippen LogP contribution in [0.15, 0.2) is 0 Å². The van der Waals surface area contributed by atoms with E-state index >= 15 is 0 Å². The molecule has 0 aliphatic carbocycles. The van der Waals surface area contributed by atoms with Crippen molar-refractivity contribution in [1.29, 1.82) is 5.26 Å². The molecule has 0 fully saturated rings. The van der Waals surface area contributed by atoms with Crippen LogP contribution in [0.5, 0.6) is 0 Å². The molecule has 0 radical (unpaired) electrons. The number of carbonyl (C=O) groups excluding carboxylic acids is 1. The molecule has 0 rings (SSSR count). The molecule has 0 bridgehead atoms. The summed E-state index contributed by atoms with van der Waals surface area (Å²) in [4.78, 5) is 11.4. The quantitative estimate of drug-likeness (QED) is 0.680. The Morgan fingerprint density at radius 1 is 1.36 bits per heavy atom. The molecule has 0 heterocycles. The summed E-state index contributed by atoms with van der Waals surface area (Å²) in [6.07, 6.45) is 0. The standard InChI is InChI=1S/C10H19N3O/c1-7(2)13-10(14)9(4)12-6-8(3)5-11/h7-9,12H,6H2,1-4H3,(H,13,14). The maximum absolute atomic E-state index is 11.4. The lowest BCUT2D eigenvalue weighted by Crippen LogP contribution is -2.45. The molecule has 0 aromatic rings. The lowest BCUT2D eigenvalue weighted by atomic mass is 10.2. The van der Waals surface area contributed by atoms with E-state index in [1.807, 2.05) is 20.8 Å². The van der Waals surface area contributed by atoms with Crippen molar-refractivity contribution in [2.45, 2.75) is 39.8 Å². The number of nitrogens with zero attached hydrogens (tertiary/aromatic N) is 1. The normalized spacial score (nSPS) is 14.6. The Morgan fingerprint density at radius 3 is 2.36 bits per heavy atom. The number of carbonyl (C=O) groups is 1. The van der Waals surface area contributed by atoms with Crippen molar-refractivity contribution in [2.75, 3.05) is 6.54 Å². The van der Waals surface area contributed by atoms with Crippen LogP contribution in [0.2, 0.25) is 0 Å². The minimum Gasteiger partial charge on any atom is -0.353 e. The van der Waals surface area contributed by atoms with Crippen LogP contribution in [0.1, 0.15) is 27.7 Å². The van der Waals surface area contributed by atoms with E-state index in [1.54, 1.807) is 6.92 Å². The van der Waals surface area contributed by atoms with Crippen LogP contribution in [-0.4, -0.2) is 24.5 Å². The summed E-state index contributed by atoms with van der Waals surface area (Å²) in [7, 11) is 0. The molecule has 0 aromatic carbocycles. The molecular weight excluding hydrogens is 178 g/mol. The SMILES string of the molecule is CC(C#N)CNC(C)C(=O)NC(C)C. The Bertz CT molecular complexity index is 220. The van der Waals surface area contributed by atoms with E-state index in [-0.39, 0.29) is 23.9 Å². The summed E-state index contributed by atoms with van der Waals surface area (Å²) in [5.41, 5.74) is 0. The summed E-state index contributed by atoms with van der Waals surface area (Å²) >= 11 is 0. The Morgan fingerprint density at radius 2 is 1.93 bits per heavy atom. The van der Waals surface area contributed by atoms with Crippen molar-refractivity contribution in [1.82, 2.24) is 10.6 Å². The van der Waals surface area contributed by atoms with Gasteiger partial charge in [0.15, 0.2) is 0 Å². The maximum atomic E-state index is 11.4. The van der Waals surface area contributed by atoms with Gasteiger partial charge >= 0.3 is 0 Å². The summed E-state index contributed by atoms with van der Waals surface area (Å²) in [6, 6.07) is 2.02. The zero-order valence-electron chi connectivity index (χ0n) is 9.29. The fraction of sp³-hybridized carbons (Fsp3) is 0.800. The average molecular weight is 197 g/mol. The molecule has 1 amide bonds. The number of hydrogen-bond acceptors (Lipinski definition) is 3. The monoisotopic (exact) mass is 197 g/mol. The van der Waals surface area contributed by atoms with Gasteiger partial charge in [0.25, 0.3) is 0 Å². The molecule has 0 aliphatic rings. The van der Waals surface area contributed by atoms with E-state index in [4.69, 9.17) is 5.26 Å². The van der Waals surface area contributed by atoms with Crippen molar-refractivity contribution in [3.05, 3.63) is 0 Å². The van der Waals surface area contributed by atoms with Crippen LogP contribution in [0.25, 0.3) is 0 Å². The van der Waals surface area contributed by atoms with Gasteiger partial charge in [0.1, 0.15) is 0 Å². The number of rotatable bonds is 5. The number of amides is 1. The Balaban J connectivity index is 3.79. The van der Waals surface area contributed by atoms with Gasteiger partial charge in [0, 0.05) is 12.6 Å². The molecule has 4 nitrogen and oxygen atoms in total. The summed E-state index contributed by atoms with van der Waals surface area (Å²) < 4.78 is 0. The Hall–Kier alpha value is -1.08. The summed E-state index contributed by atoms with van der Waals surface area (Å²) in [5.74, 6) is -0.0885. The zero-order valence-corrected chi connectivity index (χ0v) is 9.29. The van der Waals surface area contributed by atoms with Gasteiger partial charge in [0.05, 0.1) is 18.0 Å². The highest BCUT2D eigenvalue weighted by molar-refractivity contribution is 5.81. The van der Waals surface area contributed by atoms with Gasteiger partial charge in [-0.2, -0.15) is 5.26 Å². The smallest absolute Gasteiger partial charge is 0.237 e. The predicted molar refractivity (Wildman–Crippen MR) is 55.5 cm³/mol. The van der Waals surface area contributed by atoms with Gasteiger partial charge in [0.2, 0.25) is 5.91 Å². The molecule has 2 unspecified atom stereocenters. The van der Waals surface area contributed by atoms with Gasteiger partial charge < -0.3 is 10.6 Å². The highest BCUT2D eigenvalue weighted by Gasteiger charge is 2.13. The van der Waals surface area contributed by atoms with Crippen LogP contribution in [0.3, 0.4) is 0 Å². The Kier molecular flexibility index (Phi) is 5.89. The third kappa shape index (κ3) is 5.55. The molecule has 0 saturated carbocycles. The van der Waals surface area contributed by atoms with Crippen LogP contribution in [0, 0.1) is 17.2 Å². The molecule has 0 saturated heterocycles. The van der Waals surface area contributed by atoms with E-state index in [0.29, 0.717) is 6.54 Å². The third-order valence-electron chi connectivity index (χ3n) is 1.77. The van der Waals surface area contributed by atoms with E-state index in [1.165, 1.54) is 0 Å². The van der Waals surface area contributed by atoms with E-state index in [2.05, 4.69) is 16.7 Å². The molecule has 14 heavy (non-hydrogen) atoms. The van der Waals surface area contributed by atoms with Gasteiger partial charge in [-0.25, -0.2) is 0 Å². The van der Waals surface area contributed by atoms with Gasteiger partial charge in [-0.3, -0.25) is 4.79 Å². The van der Waals surface area contributed by atoms with E-state index in [9.17, 15) is 4.79 Å². The van der Waals surface area contributed by atoms with Crippen LogP contribution < -0.4 is 10.6 Å². The van der Waals surface area contributed by atoms with Crippen LogP contribution in [0.4, 0.5) is 0 Å². The minimum atomic E-state index is -0.242. The number of nitrogens with one attached hydrogen (secondary N) is 2. The molecule has 80 valence electrons. The van der Waals surface area contributed by atoms with E-state index in [0.717, 1.165) is 0 Å². The first kappa shape index (κ1) is 12.9.